The monoisotopic (exact) mass is 326 g/mol. The van der Waals surface area contributed by atoms with Crippen LogP contribution in [0.3, 0.4) is 0 Å². The molecule has 2 aliphatic heterocycles. The predicted molar refractivity (Wildman–Crippen MR) is 86.3 cm³/mol. The van der Waals surface area contributed by atoms with Crippen molar-refractivity contribution in [2.45, 2.75) is 19.3 Å². The van der Waals surface area contributed by atoms with E-state index in [-0.39, 0.29) is 36.1 Å². The van der Waals surface area contributed by atoms with Gasteiger partial charge in [0.15, 0.2) is 0 Å². The van der Waals surface area contributed by atoms with E-state index in [1.807, 2.05) is 24.3 Å². The fourth-order valence-electron chi connectivity index (χ4n) is 3.67. The van der Waals surface area contributed by atoms with E-state index in [4.69, 9.17) is 4.74 Å². The molecule has 1 fully saturated rings. The molecule has 0 saturated carbocycles. The van der Waals surface area contributed by atoms with Crippen molar-refractivity contribution in [2.75, 3.05) is 18.5 Å². The molecule has 0 unspecified atom stereocenters. The number of para-hydroxylation sites is 1. The molecule has 4 rings (SSSR count). The first-order valence-corrected chi connectivity index (χ1v) is 8.20. The summed E-state index contributed by atoms with van der Waals surface area (Å²) in [6, 6.07) is 5.58. The number of hydrogen-bond donors (Lipinski definition) is 1. The standard InChI is InChI=1S/C18H18N2O4/c21-15(19-14-7-3-4-11-8-9-24-16(11)14)10-20-17(22)12-5-1-2-6-13(12)18(20)23/h1-4,7,12-13H,5-6,8-10H2,(H,19,21)/t12-,13+. The van der Waals surface area contributed by atoms with E-state index in [0.29, 0.717) is 30.9 Å². The van der Waals surface area contributed by atoms with Crippen LogP contribution in [0, 0.1) is 11.8 Å². The summed E-state index contributed by atoms with van der Waals surface area (Å²) in [6.07, 6.45) is 5.83. The molecule has 6 heteroatoms. The summed E-state index contributed by atoms with van der Waals surface area (Å²) in [4.78, 5) is 38.2. The van der Waals surface area contributed by atoms with Gasteiger partial charge in [-0.3, -0.25) is 19.3 Å². The molecule has 1 aromatic carbocycles. The number of fused-ring (bicyclic) bond motifs is 2. The van der Waals surface area contributed by atoms with Crippen LogP contribution in [0.15, 0.2) is 30.4 Å². The SMILES string of the molecule is O=C(CN1C(=O)[C@H]2CC=CC[C@H]2C1=O)Nc1cccc2c1OCC2. The number of carbonyl (C=O) groups excluding carboxylic acids is 3. The minimum atomic E-state index is -0.382. The van der Waals surface area contributed by atoms with E-state index in [1.54, 1.807) is 6.07 Å². The van der Waals surface area contributed by atoms with Gasteiger partial charge in [0.2, 0.25) is 17.7 Å². The van der Waals surface area contributed by atoms with E-state index in [1.165, 1.54) is 0 Å². The quantitative estimate of drug-likeness (QED) is 0.675. The van der Waals surface area contributed by atoms with Crippen molar-refractivity contribution in [1.29, 1.82) is 0 Å². The first-order chi connectivity index (χ1) is 11.6. The van der Waals surface area contributed by atoms with Gasteiger partial charge in [0.25, 0.3) is 0 Å². The molecule has 124 valence electrons. The van der Waals surface area contributed by atoms with Gasteiger partial charge < -0.3 is 10.1 Å². The summed E-state index contributed by atoms with van der Waals surface area (Å²) >= 11 is 0. The number of nitrogens with zero attached hydrogens (tertiary/aromatic N) is 1. The fourth-order valence-corrected chi connectivity index (χ4v) is 3.67. The van der Waals surface area contributed by atoms with Crippen LogP contribution in [0.5, 0.6) is 5.75 Å². The highest BCUT2D eigenvalue weighted by Crippen LogP contribution is 2.36. The van der Waals surface area contributed by atoms with Crippen LogP contribution in [0.4, 0.5) is 5.69 Å². The zero-order chi connectivity index (χ0) is 16.7. The number of likely N-dealkylation sites (tertiary alicyclic amines) is 1. The maximum atomic E-state index is 12.4. The topological polar surface area (TPSA) is 75.7 Å². The lowest BCUT2D eigenvalue weighted by molar-refractivity contribution is -0.142. The third kappa shape index (κ3) is 2.38. The largest absolute Gasteiger partial charge is 0.491 e. The Balaban J connectivity index is 1.46. The van der Waals surface area contributed by atoms with Crippen LogP contribution in [0.25, 0.3) is 0 Å². The predicted octanol–water partition coefficient (Wildman–Crippen LogP) is 1.51. The van der Waals surface area contributed by atoms with Gasteiger partial charge in [0, 0.05) is 6.42 Å². The summed E-state index contributed by atoms with van der Waals surface area (Å²) < 4.78 is 5.55. The third-order valence-electron chi connectivity index (χ3n) is 4.89. The first-order valence-electron chi connectivity index (χ1n) is 8.20. The number of allylic oxidation sites excluding steroid dienone is 2. The summed E-state index contributed by atoms with van der Waals surface area (Å²) in [5.41, 5.74) is 1.64. The van der Waals surface area contributed by atoms with Gasteiger partial charge in [-0.2, -0.15) is 0 Å². The molecule has 0 bridgehead atoms. The number of hydrogen-bond acceptors (Lipinski definition) is 4. The van der Waals surface area contributed by atoms with Crippen LogP contribution in [0.1, 0.15) is 18.4 Å². The highest BCUT2D eigenvalue weighted by Gasteiger charge is 2.47. The number of nitrogens with one attached hydrogen (secondary N) is 1. The highest BCUT2D eigenvalue weighted by atomic mass is 16.5. The molecule has 3 aliphatic rings. The number of rotatable bonds is 3. The molecule has 2 atom stereocenters. The molecular weight excluding hydrogens is 308 g/mol. The number of benzene rings is 1. The van der Waals surface area contributed by atoms with E-state index in [0.717, 1.165) is 16.9 Å². The Morgan fingerprint density at radius 3 is 2.58 bits per heavy atom. The van der Waals surface area contributed by atoms with E-state index >= 15 is 0 Å². The summed E-state index contributed by atoms with van der Waals surface area (Å²) in [7, 11) is 0. The highest BCUT2D eigenvalue weighted by molar-refractivity contribution is 6.09. The Hall–Kier alpha value is -2.63. The number of imide groups is 1. The number of anilines is 1. The second-order valence-corrected chi connectivity index (χ2v) is 6.36. The van der Waals surface area contributed by atoms with Gasteiger partial charge in [-0.05, 0) is 24.5 Å². The van der Waals surface area contributed by atoms with Crippen LogP contribution < -0.4 is 10.1 Å². The Labute approximate surface area is 139 Å². The smallest absolute Gasteiger partial charge is 0.244 e. The second-order valence-electron chi connectivity index (χ2n) is 6.36. The lowest BCUT2D eigenvalue weighted by Crippen LogP contribution is -2.38. The normalized spacial score (nSPS) is 24.6. The fraction of sp³-hybridized carbons (Fsp3) is 0.389. The molecule has 3 amide bonds. The van der Waals surface area contributed by atoms with Gasteiger partial charge >= 0.3 is 0 Å². The number of amides is 3. The van der Waals surface area contributed by atoms with Crippen molar-refractivity contribution in [3.8, 4) is 5.75 Å². The second kappa shape index (κ2) is 5.78. The summed E-state index contributed by atoms with van der Waals surface area (Å²) in [5.74, 6) is -0.785. The van der Waals surface area contributed by atoms with Gasteiger partial charge in [0.1, 0.15) is 12.3 Å². The van der Waals surface area contributed by atoms with E-state index < -0.39 is 0 Å². The maximum absolute atomic E-state index is 12.4. The third-order valence-corrected chi connectivity index (χ3v) is 4.89. The van der Waals surface area contributed by atoms with Crippen molar-refractivity contribution < 1.29 is 19.1 Å². The molecule has 1 aliphatic carbocycles. The summed E-state index contributed by atoms with van der Waals surface area (Å²) in [5, 5.41) is 2.77. The van der Waals surface area contributed by atoms with Crippen LogP contribution in [-0.4, -0.2) is 35.8 Å². The molecule has 0 spiro atoms. The maximum Gasteiger partial charge on any atom is 0.244 e. The van der Waals surface area contributed by atoms with E-state index in [9.17, 15) is 14.4 Å². The van der Waals surface area contributed by atoms with Crippen LogP contribution in [-0.2, 0) is 20.8 Å². The van der Waals surface area contributed by atoms with Gasteiger partial charge in [-0.15, -0.1) is 0 Å². The van der Waals surface area contributed by atoms with Crippen LogP contribution in [0.2, 0.25) is 0 Å². The minimum absolute atomic E-state index is 0.237. The summed E-state index contributed by atoms with van der Waals surface area (Å²) in [6.45, 7) is 0.357. The minimum Gasteiger partial charge on any atom is -0.491 e. The van der Waals surface area contributed by atoms with Gasteiger partial charge in [-0.1, -0.05) is 24.3 Å². The molecule has 1 saturated heterocycles. The zero-order valence-electron chi connectivity index (χ0n) is 13.2. The average molecular weight is 326 g/mol. The lowest BCUT2D eigenvalue weighted by atomic mass is 9.85. The molecule has 1 aromatic rings. The molecule has 0 radical (unpaired) electrons. The molecular formula is C18H18N2O4. The van der Waals surface area contributed by atoms with Crippen LogP contribution >= 0.6 is 0 Å². The van der Waals surface area contributed by atoms with Crippen molar-refractivity contribution in [3.05, 3.63) is 35.9 Å². The van der Waals surface area contributed by atoms with Crippen molar-refractivity contribution >= 4 is 23.4 Å². The van der Waals surface area contributed by atoms with Crippen molar-refractivity contribution in [2.24, 2.45) is 11.8 Å². The Bertz CT molecular complexity index is 729. The molecule has 6 nitrogen and oxygen atoms in total. The number of ether oxygens (including phenoxy) is 1. The number of carbonyl (C=O) groups is 3. The molecule has 2 heterocycles. The van der Waals surface area contributed by atoms with Gasteiger partial charge in [0.05, 0.1) is 24.1 Å². The van der Waals surface area contributed by atoms with Crippen molar-refractivity contribution in [1.82, 2.24) is 4.90 Å². The molecule has 1 N–H and O–H groups in total. The van der Waals surface area contributed by atoms with Crippen molar-refractivity contribution in [3.63, 3.8) is 0 Å². The average Bonchev–Trinajstić information content (AvgIpc) is 3.16. The Morgan fingerprint density at radius 1 is 1.17 bits per heavy atom. The molecule has 24 heavy (non-hydrogen) atoms. The zero-order valence-corrected chi connectivity index (χ0v) is 13.2. The molecule has 0 aromatic heterocycles. The Kier molecular flexibility index (Phi) is 3.59. The van der Waals surface area contributed by atoms with Gasteiger partial charge in [-0.25, -0.2) is 0 Å². The Morgan fingerprint density at radius 2 is 1.88 bits per heavy atom. The first kappa shape index (κ1) is 14.9. The van der Waals surface area contributed by atoms with E-state index in [2.05, 4.69) is 5.32 Å². The lowest BCUT2D eigenvalue weighted by Gasteiger charge is -2.15.